The lowest BCUT2D eigenvalue weighted by molar-refractivity contribution is -0.164. The van der Waals surface area contributed by atoms with Crippen LogP contribution in [0, 0.1) is 11.8 Å². The molecule has 1 rings (SSSR count). The predicted molar refractivity (Wildman–Crippen MR) is 76.5 cm³/mol. The summed E-state index contributed by atoms with van der Waals surface area (Å²) >= 11 is 0. The first-order valence-corrected chi connectivity index (χ1v) is 7.36. The molecule has 3 N–H and O–H groups in total. The van der Waals surface area contributed by atoms with E-state index in [1.807, 2.05) is 0 Å². The van der Waals surface area contributed by atoms with Gasteiger partial charge in [-0.25, -0.2) is 0 Å². The summed E-state index contributed by atoms with van der Waals surface area (Å²) in [4.78, 5) is 35.4. The number of Topliss-reactive ketones (excluding diaryl/α,β-unsaturated/α-hetero) is 1. The Morgan fingerprint density at radius 2 is 1.76 bits per heavy atom. The smallest absolute Gasteiger partial charge is 0.320 e. The van der Waals surface area contributed by atoms with Crippen LogP contribution in [0.2, 0.25) is 0 Å². The number of carbonyl (C=O) groups excluding carboxylic acids is 2. The molecule has 0 bridgehead atoms. The number of carbonyl (C=O) groups is 3. The highest BCUT2D eigenvalue weighted by Gasteiger charge is 2.39. The van der Waals surface area contributed by atoms with Gasteiger partial charge in [-0.1, -0.05) is 12.8 Å². The molecule has 0 radical (unpaired) electrons. The molecule has 0 aliphatic heterocycles. The van der Waals surface area contributed by atoms with Gasteiger partial charge in [-0.15, -0.1) is 0 Å². The summed E-state index contributed by atoms with van der Waals surface area (Å²) in [5, 5.41) is 8.81. The van der Waals surface area contributed by atoms with Crippen molar-refractivity contribution >= 4 is 17.7 Å². The summed E-state index contributed by atoms with van der Waals surface area (Å²) in [6.07, 6.45) is 3.19. The van der Waals surface area contributed by atoms with Crippen LogP contribution < -0.4 is 5.73 Å². The fourth-order valence-corrected chi connectivity index (χ4v) is 2.67. The second-order valence-electron chi connectivity index (χ2n) is 6.67. The van der Waals surface area contributed by atoms with E-state index in [0.29, 0.717) is 0 Å². The maximum Gasteiger partial charge on any atom is 0.320 e. The van der Waals surface area contributed by atoms with Crippen LogP contribution in [0.3, 0.4) is 0 Å². The van der Waals surface area contributed by atoms with Crippen molar-refractivity contribution in [3.63, 3.8) is 0 Å². The monoisotopic (exact) mass is 299 g/mol. The van der Waals surface area contributed by atoms with Crippen LogP contribution >= 0.6 is 0 Å². The second-order valence-corrected chi connectivity index (χ2v) is 6.67. The van der Waals surface area contributed by atoms with Crippen LogP contribution in [0.5, 0.6) is 0 Å². The topological polar surface area (TPSA) is 107 Å². The van der Waals surface area contributed by atoms with Crippen molar-refractivity contribution in [1.82, 2.24) is 0 Å². The highest BCUT2D eigenvalue weighted by Crippen LogP contribution is 2.34. The van der Waals surface area contributed by atoms with Crippen LogP contribution in [-0.2, 0) is 19.1 Å². The Balaban J connectivity index is 2.83. The van der Waals surface area contributed by atoms with Crippen molar-refractivity contribution in [3.8, 4) is 0 Å². The van der Waals surface area contributed by atoms with Crippen LogP contribution in [0.25, 0.3) is 0 Å². The average molecular weight is 299 g/mol. The number of carboxylic acid groups (broad SMARTS) is 1. The predicted octanol–water partition coefficient (Wildman–Crippen LogP) is 1.51. The zero-order chi connectivity index (χ0) is 16.2. The fraction of sp³-hybridized carbons (Fsp3) is 0.800. The number of ether oxygens (including phenoxy) is 1. The number of carboxylic acids is 1. The molecule has 1 aliphatic rings. The zero-order valence-corrected chi connectivity index (χ0v) is 12.9. The Bertz CT molecular complexity index is 407. The molecule has 0 aromatic heterocycles. The van der Waals surface area contributed by atoms with Gasteiger partial charge in [-0.05, 0) is 39.5 Å². The molecular formula is C15H25NO5. The van der Waals surface area contributed by atoms with Gasteiger partial charge in [0.2, 0.25) is 0 Å². The van der Waals surface area contributed by atoms with Gasteiger partial charge in [0.1, 0.15) is 23.3 Å². The lowest BCUT2D eigenvalue weighted by Gasteiger charge is -2.26. The first-order valence-electron chi connectivity index (χ1n) is 7.36. The summed E-state index contributed by atoms with van der Waals surface area (Å²) in [6, 6.07) is -1.27. The van der Waals surface area contributed by atoms with E-state index >= 15 is 0 Å². The minimum Gasteiger partial charge on any atom is -0.480 e. The van der Waals surface area contributed by atoms with Gasteiger partial charge in [-0.3, -0.25) is 14.4 Å². The van der Waals surface area contributed by atoms with Gasteiger partial charge in [0.25, 0.3) is 0 Å². The summed E-state index contributed by atoms with van der Waals surface area (Å²) in [5.41, 5.74) is 4.73. The number of hydrogen-bond acceptors (Lipinski definition) is 5. The Morgan fingerprint density at radius 3 is 2.19 bits per heavy atom. The zero-order valence-electron chi connectivity index (χ0n) is 12.9. The maximum atomic E-state index is 12.3. The van der Waals surface area contributed by atoms with Gasteiger partial charge in [0, 0.05) is 6.42 Å². The van der Waals surface area contributed by atoms with E-state index in [1.54, 1.807) is 20.8 Å². The SMILES string of the molecule is CC(C)(C)OC(=O)C(C(=O)CC(N)C(=O)O)C1CCCC1. The third-order valence-electron chi connectivity index (χ3n) is 3.62. The molecule has 0 aromatic rings. The molecule has 0 saturated heterocycles. The molecule has 2 unspecified atom stereocenters. The number of hydrogen-bond donors (Lipinski definition) is 2. The Hall–Kier alpha value is -1.43. The number of nitrogens with two attached hydrogens (primary N) is 1. The number of esters is 1. The second kappa shape index (κ2) is 7.02. The summed E-state index contributed by atoms with van der Waals surface area (Å²) < 4.78 is 5.33. The Morgan fingerprint density at radius 1 is 1.24 bits per heavy atom. The largest absolute Gasteiger partial charge is 0.480 e. The molecule has 0 heterocycles. The standard InChI is InChI=1S/C15H25NO5/c1-15(2,3)21-14(20)12(9-6-4-5-7-9)11(17)8-10(16)13(18)19/h9-10,12H,4-8,16H2,1-3H3,(H,18,19). The van der Waals surface area contributed by atoms with E-state index in [-0.39, 0.29) is 12.3 Å². The third-order valence-corrected chi connectivity index (χ3v) is 3.62. The number of rotatable bonds is 6. The van der Waals surface area contributed by atoms with E-state index in [1.165, 1.54) is 0 Å². The molecule has 21 heavy (non-hydrogen) atoms. The molecular weight excluding hydrogens is 274 g/mol. The first-order chi connectivity index (χ1) is 9.61. The van der Waals surface area contributed by atoms with E-state index in [2.05, 4.69) is 0 Å². The lowest BCUT2D eigenvalue weighted by atomic mass is 9.85. The highest BCUT2D eigenvalue weighted by atomic mass is 16.6. The van der Waals surface area contributed by atoms with Gasteiger partial charge < -0.3 is 15.6 Å². The summed E-state index contributed by atoms with van der Waals surface area (Å²) in [6.45, 7) is 5.22. The average Bonchev–Trinajstić information content (AvgIpc) is 2.79. The third kappa shape index (κ3) is 5.46. The molecule has 2 atom stereocenters. The minimum atomic E-state index is -1.27. The van der Waals surface area contributed by atoms with Crippen molar-refractivity contribution < 1.29 is 24.2 Å². The van der Waals surface area contributed by atoms with Crippen LogP contribution in [-0.4, -0.2) is 34.5 Å². The van der Waals surface area contributed by atoms with E-state index in [4.69, 9.17) is 15.6 Å². The molecule has 1 fully saturated rings. The Kier molecular flexibility index (Phi) is 5.89. The molecule has 0 spiro atoms. The summed E-state index contributed by atoms with van der Waals surface area (Å²) in [5.74, 6) is -3.17. The van der Waals surface area contributed by atoms with Crippen LogP contribution in [0.1, 0.15) is 52.9 Å². The van der Waals surface area contributed by atoms with Gasteiger partial charge >= 0.3 is 11.9 Å². The quantitative estimate of drug-likeness (QED) is 0.568. The van der Waals surface area contributed by atoms with E-state index in [9.17, 15) is 14.4 Å². The lowest BCUT2D eigenvalue weighted by Crippen LogP contribution is -2.40. The van der Waals surface area contributed by atoms with Crippen molar-refractivity contribution in [3.05, 3.63) is 0 Å². The van der Waals surface area contributed by atoms with E-state index < -0.39 is 35.3 Å². The molecule has 6 heteroatoms. The van der Waals surface area contributed by atoms with Crippen molar-refractivity contribution in [2.75, 3.05) is 0 Å². The van der Waals surface area contributed by atoms with Crippen molar-refractivity contribution in [2.24, 2.45) is 17.6 Å². The van der Waals surface area contributed by atoms with Gasteiger partial charge in [0.05, 0.1) is 0 Å². The molecule has 0 amide bonds. The van der Waals surface area contributed by atoms with E-state index in [0.717, 1.165) is 25.7 Å². The van der Waals surface area contributed by atoms with Crippen LogP contribution in [0.15, 0.2) is 0 Å². The summed E-state index contributed by atoms with van der Waals surface area (Å²) in [7, 11) is 0. The molecule has 1 aliphatic carbocycles. The Labute approximate surface area is 125 Å². The first kappa shape index (κ1) is 17.6. The normalized spacial score (nSPS) is 19.0. The van der Waals surface area contributed by atoms with Gasteiger partial charge in [0.15, 0.2) is 0 Å². The molecule has 6 nitrogen and oxygen atoms in total. The van der Waals surface area contributed by atoms with Crippen molar-refractivity contribution in [1.29, 1.82) is 0 Å². The fourth-order valence-electron chi connectivity index (χ4n) is 2.67. The molecule has 120 valence electrons. The minimum absolute atomic E-state index is 0.0617. The number of aliphatic carboxylic acids is 1. The van der Waals surface area contributed by atoms with Gasteiger partial charge in [-0.2, -0.15) is 0 Å². The van der Waals surface area contributed by atoms with Crippen LogP contribution in [0.4, 0.5) is 0 Å². The highest BCUT2D eigenvalue weighted by molar-refractivity contribution is 6.01. The molecule has 1 saturated carbocycles. The van der Waals surface area contributed by atoms with Crippen molar-refractivity contribution in [2.45, 2.75) is 64.5 Å². The maximum absolute atomic E-state index is 12.3. The molecule has 0 aromatic carbocycles. The number of ketones is 1.